The minimum Gasteiger partial charge on any atom is -0.459 e. The van der Waals surface area contributed by atoms with Crippen LogP contribution >= 0.6 is 15.9 Å². The monoisotopic (exact) mass is 600 g/mol. The van der Waals surface area contributed by atoms with E-state index < -0.39 is 34.9 Å². The van der Waals surface area contributed by atoms with Crippen LogP contribution in [-0.2, 0) is 31.2 Å². The van der Waals surface area contributed by atoms with Crippen molar-refractivity contribution in [2.45, 2.75) is 78.2 Å². The van der Waals surface area contributed by atoms with Gasteiger partial charge in [0.1, 0.15) is 22.4 Å². The lowest BCUT2D eigenvalue weighted by molar-refractivity contribution is -0.151. The first-order chi connectivity index (χ1) is 18.1. The summed E-state index contributed by atoms with van der Waals surface area (Å²) < 4.78 is 18.8. The quantitative estimate of drug-likeness (QED) is 0.189. The number of carbonyl (C=O) groups excluding carboxylic acids is 3. The van der Waals surface area contributed by atoms with Crippen molar-refractivity contribution in [2.24, 2.45) is 5.92 Å². The van der Waals surface area contributed by atoms with Crippen LogP contribution in [0.1, 0.15) is 60.5 Å². The van der Waals surface area contributed by atoms with Gasteiger partial charge in [-0.2, -0.15) is 10.00 Å². The summed E-state index contributed by atoms with van der Waals surface area (Å²) in [6.07, 6.45) is -1.48. The number of amides is 2. The van der Waals surface area contributed by atoms with Gasteiger partial charge in [-0.15, -0.1) is 0 Å². The highest BCUT2D eigenvalue weighted by atomic mass is 79.9. The summed E-state index contributed by atoms with van der Waals surface area (Å²) in [5.74, 6) is -0.658. The van der Waals surface area contributed by atoms with Gasteiger partial charge in [-0.05, 0) is 87.5 Å². The number of nitrogens with zero attached hydrogens (tertiary/aromatic N) is 4. The number of benzene rings is 1. The fourth-order valence-electron chi connectivity index (χ4n) is 4.19. The van der Waals surface area contributed by atoms with E-state index in [0.29, 0.717) is 22.1 Å². The van der Waals surface area contributed by atoms with Crippen LogP contribution in [0, 0.1) is 5.92 Å². The molecular formula is C28H33BrN4O6. The van der Waals surface area contributed by atoms with E-state index in [-0.39, 0.29) is 18.3 Å². The number of esters is 1. The fraction of sp³-hybridized carbons (Fsp3) is 0.464. The van der Waals surface area contributed by atoms with Gasteiger partial charge in [0.15, 0.2) is 17.0 Å². The second-order valence-corrected chi connectivity index (χ2v) is 12.4. The van der Waals surface area contributed by atoms with Crippen LogP contribution in [0.4, 0.5) is 15.4 Å². The maximum absolute atomic E-state index is 13.5. The average Bonchev–Trinajstić information content (AvgIpc) is 3.36. The molecule has 2 atom stereocenters. The third-order valence-corrected chi connectivity index (χ3v) is 6.50. The molecule has 10 nitrogen and oxygen atoms in total. The predicted octanol–water partition coefficient (Wildman–Crippen LogP) is 6.35. The summed E-state index contributed by atoms with van der Waals surface area (Å²) >= 11 is 3.39. The number of halogens is 1. The Morgan fingerprint density at radius 1 is 1.00 bits per heavy atom. The van der Waals surface area contributed by atoms with Gasteiger partial charge in [-0.3, -0.25) is 0 Å². The van der Waals surface area contributed by atoms with Crippen LogP contribution < -0.4 is 4.90 Å². The molecule has 1 aromatic carbocycles. The Balaban J connectivity index is 1.81. The number of imide groups is 1. The van der Waals surface area contributed by atoms with Crippen LogP contribution in [0.25, 0.3) is 11.0 Å². The van der Waals surface area contributed by atoms with Crippen molar-refractivity contribution in [1.29, 1.82) is 0 Å². The van der Waals surface area contributed by atoms with Crippen molar-refractivity contribution >= 4 is 50.9 Å². The number of rotatable bonds is 5. The van der Waals surface area contributed by atoms with Crippen LogP contribution in [0.3, 0.4) is 0 Å². The average molecular weight is 601 g/mol. The van der Waals surface area contributed by atoms with Gasteiger partial charge in [-0.25, -0.2) is 24.0 Å². The summed E-state index contributed by atoms with van der Waals surface area (Å²) in [5.41, 5.74) is -1.80. The van der Waals surface area contributed by atoms with Crippen LogP contribution in [0.2, 0.25) is 0 Å². The Morgan fingerprint density at radius 3 is 2.08 bits per heavy atom. The summed E-state index contributed by atoms with van der Waals surface area (Å²) in [7, 11) is 0. The van der Waals surface area contributed by atoms with E-state index in [4.69, 9.17) is 14.2 Å². The molecule has 3 aromatic rings. The summed E-state index contributed by atoms with van der Waals surface area (Å²) in [5, 5.41) is 5.02. The van der Waals surface area contributed by atoms with Crippen molar-refractivity contribution in [3.05, 3.63) is 52.6 Å². The molecule has 0 unspecified atom stereocenters. The molecule has 1 saturated carbocycles. The molecule has 0 N–H and O–H groups in total. The first-order valence-electron chi connectivity index (χ1n) is 12.7. The normalized spacial score (nSPS) is 18.9. The Morgan fingerprint density at radius 2 is 1.56 bits per heavy atom. The lowest BCUT2D eigenvalue weighted by Crippen LogP contribution is -2.44. The highest BCUT2D eigenvalue weighted by Crippen LogP contribution is 2.52. The molecule has 208 valence electrons. The number of fused-ring (bicyclic) bond motifs is 1. The smallest absolute Gasteiger partial charge is 0.425 e. The second-order valence-electron chi connectivity index (χ2n) is 11.6. The molecule has 1 fully saturated rings. The molecule has 1 aliphatic rings. The molecule has 0 spiro atoms. The van der Waals surface area contributed by atoms with Gasteiger partial charge in [0.25, 0.3) is 0 Å². The minimum absolute atomic E-state index is 0.0529. The molecule has 4 rings (SSSR count). The van der Waals surface area contributed by atoms with Crippen LogP contribution in [-0.4, -0.2) is 44.1 Å². The molecule has 0 bridgehead atoms. The summed E-state index contributed by atoms with van der Waals surface area (Å²) in [4.78, 5) is 45.6. The molecule has 1 aliphatic carbocycles. The zero-order valence-corrected chi connectivity index (χ0v) is 24.7. The molecular weight excluding hydrogens is 568 g/mol. The minimum atomic E-state index is -1.16. The number of pyridine rings is 1. The summed E-state index contributed by atoms with van der Waals surface area (Å²) in [6, 6.07) is 12.7. The molecule has 0 saturated heterocycles. The topological polar surface area (TPSA) is 113 Å². The number of carbonyl (C=O) groups is 3. The first-order valence-corrected chi connectivity index (χ1v) is 13.4. The molecule has 0 aliphatic heterocycles. The lowest BCUT2D eigenvalue weighted by atomic mass is 10.2. The van der Waals surface area contributed by atoms with E-state index >= 15 is 0 Å². The first kappa shape index (κ1) is 28.5. The van der Waals surface area contributed by atoms with Gasteiger partial charge in [0.05, 0.1) is 5.39 Å². The van der Waals surface area contributed by atoms with E-state index in [0.717, 1.165) is 10.5 Å². The van der Waals surface area contributed by atoms with Gasteiger partial charge in [0.2, 0.25) is 0 Å². The zero-order chi connectivity index (χ0) is 28.8. The van der Waals surface area contributed by atoms with E-state index in [2.05, 4.69) is 26.0 Å². The third-order valence-electron chi connectivity index (χ3n) is 6.06. The van der Waals surface area contributed by atoms with Gasteiger partial charge >= 0.3 is 18.2 Å². The predicted molar refractivity (Wildman–Crippen MR) is 148 cm³/mol. The third kappa shape index (κ3) is 6.08. The van der Waals surface area contributed by atoms with Gasteiger partial charge < -0.3 is 14.2 Å². The molecule has 2 amide bonds. The van der Waals surface area contributed by atoms with Crippen molar-refractivity contribution in [1.82, 2.24) is 14.8 Å². The number of hydrogen-bond donors (Lipinski definition) is 0. The fourth-order valence-corrected chi connectivity index (χ4v) is 4.49. The second kappa shape index (κ2) is 10.3. The number of hydrogen-bond acceptors (Lipinski definition) is 8. The number of anilines is 1. The Hall–Kier alpha value is -3.47. The number of aromatic nitrogens is 3. The Labute approximate surface area is 235 Å². The maximum Gasteiger partial charge on any atom is 0.425 e. The largest absolute Gasteiger partial charge is 0.459 e. The summed E-state index contributed by atoms with van der Waals surface area (Å²) in [6.45, 7) is 12.2. The van der Waals surface area contributed by atoms with Crippen molar-refractivity contribution in [3.63, 3.8) is 0 Å². The van der Waals surface area contributed by atoms with E-state index in [1.54, 1.807) is 53.7 Å². The van der Waals surface area contributed by atoms with Gasteiger partial charge in [-0.1, -0.05) is 37.3 Å². The van der Waals surface area contributed by atoms with Crippen LogP contribution in [0.5, 0.6) is 0 Å². The molecule has 2 aromatic heterocycles. The standard InChI is InChI=1S/C28H33BrN4O6/c1-17-15-28(17,23(34)37-16-18-11-9-8-10-12-18)33-21-19(13-14-20(29)30-21)22(31-33)32(24(35)38-26(2,3)4)25(36)39-27(5,6)7/h8-14,17H,15-16H2,1-7H3/t17-,28-/m0/s1. The van der Waals surface area contributed by atoms with E-state index in [1.807, 2.05) is 37.3 Å². The van der Waals surface area contributed by atoms with Crippen molar-refractivity contribution < 1.29 is 28.6 Å². The van der Waals surface area contributed by atoms with E-state index in [1.165, 1.54) is 4.68 Å². The Kier molecular flexibility index (Phi) is 7.50. The number of ether oxygens (including phenoxy) is 3. The zero-order valence-electron chi connectivity index (χ0n) is 23.1. The highest BCUT2D eigenvalue weighted by molar-refractivity contribution is 9.10. The molecule has 39 heavy (non-hydrogen) atoms. The SMILES string of the molecule is C[C@H]1C[C@]1(C(=O)OCc1ccccc1)n1nc(N(C(=O)OC(C)(C)C)C(=O)OC(C)(C)C)c2ccc(Br)nc21. The van der Waals surface area contributed by atoms with Crippen LogP contribution in [0.15, 0.2) is 47.1 Å². The molecule has 2 heterocycles. The van der Waals surface area contributed by atoms with Gasteiger partial charge in [0, 0.05) is 0 Å². The highest BCUT2D eigenvalue weighted by Gasteiger charge is 2.62. The molecule has 11 heteroatoms. The van der Waals surface area contributed by atoms with E-state index in [9.17, 15) is 14.4 Å². The Bertz CT molecular complexity index is 1380. The van der Waals surface area contributed by atoms with Crippen molar-refractivity contribution in [2.75, 3.05) is 4.90 Å². The van der Waals surface area contributed by atoms with Crippen molar-refractivity contribution in [3.8, 4) is 0 Å². The lowest BCUT2D eigenvalue weighted by Gasteiger charge is -2.27. The maximum atomic E-state index is 13.5. The molecule has 0 radical (unpaired) electrons.